The Kier molecular flexibility index (Phi) is 9.01. The Morgan fingerprint density at radius 1 is 1.15 bits per heavy atom. The number of likely N-dealkylation sites (N-methyl/N-ethyl adjacent to an activating group) is 1. The standard InChI is InChI=1S/C31H27ClF3N6O5PS/c1-17-38-23-14-22(31(33,34)35)28(40-9-7-39(2)8-10-40)21(15-36)26(23)30(42)41(17)11-12-46-24-4-3-18(32)13-20(24)19-5-6-37-27-25(47(43,44)45)16-48-29(19)27/h3-6,13-14,16H,7-12H2,1-2H3,(H2,43,44,45). The number of fused-ring (bicyclic) bond motifs is 2. The van der Waals surface area contributed by atoms with E-state index in [9.17, 15) is 37.6 Å². The number of benzene rings is 2. The third kappa shape index (κ3) is 6.27. The van der Waals surface area contributed by atoms with Gasteiger partial charge in [0.25, 0.3) is 5.56 Å². The molecule has 0 aliphatic carbocycles. The first kappa shape index (κ1) is 33.9. The SMILES string of the molecule is Cc1nc2cc(C(F)(F)F)c(N3CCN(C)CC3)c(C#N)c2c(=O)n1CCOc1ccc(Cl)cc1-c1ccnc2c(P(=O)(O)O)csc12. The molecule has 48 heavy (non-hydrogen) atoms. The Morgan fingerprint density at radius 3 is 2.54 bits per heavy atom. The van der Waals surface area contributed by atoms with E-state index in [1.165, 1.54) is 28.0 Å². The molecule has 0 bridgehead atoms. The van der Waals surface area contributed by atoms with Crippen molar-refractivity contribution in [2.75, 3.05) is 44.7 Å². The lowest BCUT2D eigenvalue weighted by molar-refractivity contribution is -0.137. The second kappa shape index (κ2) is 12.8. The first-order valence-corrected chi connectivity index (χ1v) is 17.4. The van der Waals surface area contributed by atoms with Crippen LogP contribution >= 0.6 is 30.5 Å². The Hall–Kier alpha value is -4.03. The molecule has 6 rings (SSSR count). The van der Waals surface area contributed by atoms with Gasteiger partial charge in [0.2, 0.25) is 0 Å². The van der Waals surface area contributed by atoms with Gasteiger partial charge >= 0.3 is 13.8 Å². The van der Waals surface area contributed by atoms with Crippen molar-refractivity contribution in [1.82, 2.24) is 19.4 Å². The van der Waals surface area contributed by atoms with Gasteiger partial charge in [-0.3, -0.25) is 18.9 Å². The van der Waals surface area contributed by atoms with Crippen molar-refractivity contribution in [1.29, 1.82) is 5.26 Å². The molecule has 0 spiro atoms. The number of ether oxygens (including phenoxy) is 1. The number of hydrogen-bond donors (Lipinski definition) is 2. The maximum Gasteiger partial charge on any atom is 0.418 e. The lowest BCUT2D eigenvalue weighted by Gasteiger charge is -2.36. The van der Waals surface area contributed by atoms with E-state index < -0.39 is 24.9 Å². The number of nitrogens with zero attached hydrogens (tertiary/aromatic N) is 6. The Bertz CT molecular complexity index is 2220. The van der Waals surface area contributed by atoms with Crippen LogP contribution in [-0.2, 0) is 17.3 Å². The Labute approximate surface area is 280 Å². The summed E-state index contributed by atoms with van der Waals surface area (Å²) in [5.74, 6) is 0.485. The summed E-state index contributed by atoms with van der Waals surface area (Å²) in [5, 5.41) is 11.5. The summed E-state index contributed by atoms with van der Waals surface area (Å²) in [6, 6.07) is 9.24. The topological polar surface area (TPSA) is 145 Å². The zero-order chi connectivity index (χ0) is 34.5. The summed E-state index contributed by atoms with van der Waals surface area (Å²) < 4.78 is 62.9. The smallest absolute Gasteiger partial charge is 0.418 e. The van der Waals surface area contributed by atoms with Gasteiger partial charge in [-0.25, -0.2) is 4.98 Å². The number of aromatic nitrogens is 3. The van der Waals surface area contributed by atoms with E-state index in [4.69, 9.17) is 16.3 Å². The Balaban J connectivity index is 1.37. The fourth-order valence-electron chi connectivity index (χ4n) is 5.85. The molecule has 0 unspecified atom stereocenters. The number of halogens is 4. The van der Waals surface area contributed by atoms with Crippen LogP contribution in [0.2, 0.25) is 5.02 Å². The number of pyridine rings is 1. The molecular formula is C31H27ClF3N6O5PS. The number of aryl methyl sites for hydroxylation is 1. The van der Waals surface area contributed by atoms with Gasteiger partial charge in [0.15, 0.2) is 0 Å². The first-order chi connectivity index (χ1) is 22.7. The van der Waals surface area contributed by atoms with Crippen LogP contribution in [0.25, 0.3) is 32.2 Å². The van der Waals surface area contributed by atoms with E-state index in [1.54, 1.807) is 24.3 Å². The van der Waals surface area contributed by atoms with E-state index in [1.807, 2.05) is 18.0 Å². The third-order valence-corrected chi connectivity index (χ3v) is 10.6. The number of alkyl halides is 3. The van der Waals surface area contributed by atoms with Crippen LogP contribution in [0, 0.1) is 18.3 Å². The van der Waals surface area contributed by atoms with E-state index in [0.717, 1.165) is 17.4 Å². The summed E-state index contributed by atoms with van der Waals surface area (Å²) in [6.45, 7) is 2.83. The van der Waals surface area contributed by atoms with Gasteiger partial charge in [0, 0.05) is 53.9 Å². The number of nitriles is 1. The average Bonchev–Trinajstić information content (AvgIpc) is 3.48. The van der Waals surface area contributed by atoms with Crippen molar-refractivity contribution in [2.45, 2.75) is 19.6 Å². The molecule has 2 aromatic carbocycles. The highest BCUT2D eigenvalue weighted by Gasteiger charge is 2.39. The van der Waals surface area contributed by atoms with Gasteiger partial charge in [-0.2, -0.15) is 18.4 Å². The van der Waals surface area contributed by atoms with Crippen LogP contribution < -0.4 is 20.5 Å². The predicted octanol–water partition coefficient (Wildman–Crippen LogP) is 5.16. The maximum atomic E-state index is 14.3. The average molecular weight is 719 g/mol. The second-order valence-electron chi connectivity index (χ2n) is 11.2. The maximum absolute atomic E-state index is 14.3. The molecule has 250 valence electrons. The van der Waals surface area contributed by atoms with E-state index in [-0.39, 0.29) is 65.0 Å². The number of hydrogen-bond acceptors (Lipinski definition) is 9. The molecule has 1 aliphatic heterocycles. The van der Waals surface area contributed by atoms with E-state index in [0.29, 0.717) is 39.7 Å². The van der Waals surface area contributed by atoms with Gasteiger partial charge in [-0.1, -0.05) is 11.6 Å². The molecule has 17 heteroatoms. The number of piperazine rings is 1. The summed E-state index contributed by atoms with van der Waals surface area (Å²) in [4.78, 5) is 45.4. The number of rotatable bonds is 7. The molecule has 1 fully saturated rings. The predicted molar refractivity (Wildman–Crippen MR) is 177 cm³/mol. The summed E-state index contributed by atoms with van der Waals surface area (Å²) in [7, 11) is -2.73. The van der Waals surface area contributed by atoms with Crippen LogP contribution in [0.3, 0.4) is 0 Å². The molecule has 0 atom stereocenters. The lowest BCUT2D eigenvalue weighted by atomic mass is 10.00. The van der Waals surface area contributed by atoms with Gasteiger partial charge in [0.05, 0.1) is 44.5 Å². The lowest BCUT2D eigenvalue weighted by Crippen LogP contribution is -2.45. The summed E-state index contributed by atoms with van der Waals surface area (Å²) >= 11 is 7.43. The molecule has 11 nitrogen and oxygen atoms in total. The second-order valence-corrected chi connectivity index (χ2v) is 14.1. The van der Waals surface area contributed by atoms with Gasteiger partial charge < -0.3 is 24.3 Å². The molecule has 0 radical (unpaired) electrons. The molecule has 1 aliphatic rings. The van der Waals surface area contributed by atoms with Gasteiger partial charge in [0.1, 0.15) is 29.6 Å². The van der Waals surface area contributed by atoms with Crippen molar-refractivity contribution in [3.63, 3.8) is 0 Å². The molecule has 2 N–H and O–H groups in total. The molecule has 3 aromatic heterocycles. The molecule has 5 aromatic rings. The van der Waals surface area contributed by atoms with Crippen LogP contribution in [0.1, 0.15) is 17.0 Å². The van der Waals surface area contributed by atoms with Crippen molar-refractivity contribution in [3.05, 3.63) is 74.2 Å². The highest BCUT2D eigenvalue weighted by molar-refractivity contribution is 7.61. The van der Waals surface area contributed by atoms with Gasteiger partial charge in [-0.15, -0.1) is 11.3 Å². The van der Waals surface area contributed by atoms with Crippen LogP contribution in [0.4, 0.5) is 18.9 Å². The zero-order valence-corrected chi connectivity index (χ0v) is 27.9. The Morgan fingerprint density at radius 2 is 1.88 bits per heavy atom. The molecule has 0 saturated carbocycles. The van der Waals surface area contributed by atoms with E-state index >= 15 is 0 Å². The van der Waals surface area contributed by atoms with Crippen LogP contribution in [-0.4, -0.2) is 69.1 Å². The fourth-order valence-corrected chi connectivity index (χ4v) is 8.17. The minimum Gasteiger partial charge on any atom is -0.491 e. The third-order valence-electron chi connectivity index (χ3n) is 8.20. The summed E-state index contributed by atoms with van der Waals surface area (Å²) in [6.07, 6.45) is -3.36. The largest absolute Gasteiger partial charge is 0.491 e. The van der Waals surface area contributed by atoms with Crippen molar-refractivity contribution in [3.8, 4) is 22.9 Å². The van der Waals surface area contributed by atoms with Crippen molar-refractivity contribution >= 4 is 62.6 Å². The minimum absolute atomic E-state index is 0.0570. The van der Waals surface area contributed by atoms with Gasteiger partial charge in [-0.05, 0) is 44.3 Å². The van der Waals surface area contributed by atoms with Crippen LogP contribution in [0.15, 0.2) is 46.7 Å². The van der Waals surface area contributed by atoms with Crippen molar-refractivity contribution < 1.29 is 32.3 Å². The monoisotopic (exact) mass is 718 g/mol. The quantitative estimate of drug-likeness (QED) is 0.217. The number of thiophene rings is 1. The van der Waals surface area contributed by atoms with E-state index in [2.05, 4.69) is 9.97 Å². The fraction of sp³-hybridized carbons (Fsp3) is 0.290. The molecule has 4 heterocycles. The first-order valence-electron chi connectivity index (χ1n) is 14.5. The normalized spacial score (nSPS) is 14.5. The zero-order valence-electron chi connectivity index (χ0n) is 25.5. The summed E-state index contributed by atoms with van der Waals surface area (Å²) in [5.41, 5.74) is -1.36. The number of anilines is 1. The molecular weight excluding hydrogens is 692 g/mol. The molecule has 0 amide bonds. The highest BCUT2D eigenvalue weighted by atomic mass is 35.5. The van der Waals surface area contributed by atoms with Crippen LogP contribution in [0.5, 0.6) is 5.75 Å². The van der Waals surface area contributed by atoms with Crippen molar-refractivity contribution in [2.24, 2.45) is 0 Å². The minimum atomic E-state index is -4.78. The molecule has 1 saturated heterocycles. The highest BCUT2D eigenvalue weighted by Crippen LogP contribution is 2.44.